The van der Waals surface area contributed by atoms with Crippen LogP contribution in [-0.4, -0.2) is 76.5 Å². The van der Waals surface area contributed by atoms with Crippen molar-refractivity contribution in [2.24, 2.45) is 0 Å². The molecule has 0 bridgehead atoms. The van der Waals surface area contributed by atoms with Gasteiger partial charge in [0.1, 0.15) is 6.04 Å². The maximum atomic E-state index is 13.7. The Balaban J connectivity index is 1.47. The van der Waals surface area contributed by atoms with E-state index in [1.807, 2.05) is 4.90 Å². The number of amides is 4. The molecule has 1 aromatic heterocycles. The molecule has 1 aromatic carbocycles. The molecular formula is C28H35ClN4O6. The molecule has 1 unspecified atom stereocenters. The molecule has 2 aromatic rings. The number of hydrogen-bond donors (Lipinski definition) is 3. The second-order valence-corrected chi connectivity index (χ2v) is 10.6. The molecule has 0 radical (unpaired) electrons. The largest absolute Gasteiger partial charge is 0.465 e. The molecule has 1 aliphatic carbocycles. The SMILES string of the molecule is O=C(O)NCCC(=O)NC(Cc1ccc(Cl)cc1)C(=O)N1CC[C@H](N(C(=O)c2ccco2)C2CCCCC2)C1. The van der Waals surface area contributed by atoms with Crippen LogP contribution in [0.4, 0.5) is 4.79 Å². The van der Waals surface area contributed by atoms with Crippen molar-refractivity contribution in [2.75, 3.05) is 19.6 Å². The fourth-order valence-corrected chi connectivity index (χ4v) is 5.64. The van der Waals surface area contributed by atoms with Crippen LogP contribution < -0.4 is 10.6 Å². The molecule has 4 rings (SSSR count). The van der Waals surface area contributed by atoms with Gasteiger partial charge in [-0.15, -0.1) is 0 Å². The highest BCUT2D eigenvalue weighted by atomic mass is 35.5. The van der Waals surface area contributed by atoms with Gasteiger partial charge in [0.15, 0.2) is 5.76 Å². The van der Waals surface area contributed by atoms with E-state index in [1.54, 1.807) is 41.3 Å². The van der Waals surface area contributed by atoms with Gasteiger partial charge in [0, 0.05) is 43.5 Å². The molecule has 39 heavy (non-hydrogen) atoms. The average Bonchev–Trinajstić information content (AvgIpc) is 3.63. The maximum absolute atomic E-state index is 13.7. The first-order valence-corrected chi connectivity index (χ1v) is 13.8. The van der Waals surface area contributed by atoms with Crippen molar-refractivity contribution in [3.63, 3.8) is 0 Å². The lowest BCUT2D eigenvalue weighted by Gasteiger charge is -2.38. The summed E-state index contributed by atoms with van der Waals surface area (Å²) in [5.41, 5.74) is 0.828. The van der Waals surface area contributed by atoms with Crippen LogP contribution in [0.5, 0.6) is 0 Å². The second kappa shape index (κ2) is 13.5. The molecule has 1 saturated heterocycles. The van der Waals surface area contributed by atoms with Gasteiger partial charge in [0.05, 0.1) is 12.3 Å². The number of carbonyl (C=O) groups is 4. The Morgan fingerprint density at radius 2 is 1.79 bits per heavy atom. The predicted octanol–water partition coefficient (Wildman–Crippen LogP) is 3.69. The summed E-state index contributed by atoms with van der Waals surface area (Å²) in [4.78, 5) is 54.2. The summed E-state index contributed by atoms with van der Waals surface area (Å²) >= 11 is 6.01. The van der Waals surface area contributed by atoms with E-state index >= 15 is 0 Å². The van der Waals surface area contributed by atoms with Gasteiger partial charge in [-0.3, -0.25) is 14.4 Å². The van der Waals surface area contributed by atoms with Crippen LogP contribution >= 0.6 is 11.6 Å². The molecule has 1 aliphatic heterocycles. The number of furan rings is 1. The monoisotopic (exact) mass is 558 g/mol. The number of benzene rings is 1. The van der Waals surface area contributed by atoms with E-state index in [4.69, 9.17) is 21.1 Å². The van der Waals surface area contributed by atoms with Crippen LogP contribution in [0.3, 0.4) is 0 Å². The van der Waals surface area contributed by atoms with E-state index in [-0.39, 0.29) is 43.3 Å². The molecule has 210 valence electrons. The zero-order valence-corrected chi connectivity index (χ0v) is 22.6. The Morgan fingerprint density at radius 1 is 1.05 bits per heavy atom. The summed E-state index contributed by atoms with van der Waals surface area (Å²) in [6.45, 7) is 0.779. The topological polar surface area (TPSA) is 132 Å². The Labute approximate surface area is 232 Å². The maximum Gasteiger partial charge on any atom is 0.404 e. The third-order valence-corrected chi connectivity index (χ3v) is 7.67. The van der Waals surface area contributed by atoms with Crippen LogP contribution in [0.2, 0.25) is 5.02 Å². The van der Waals surface area contributed by atoms with Gasteiger partial charge in [0.2, 0.25) is 11.8 Å². The first kappa shape index (κ1) is 28.5. The van der Waals surface area contributed by atoms with E-state index in [9.17, 15) is 19.2 Å². The lowest BCUT2D eigenvalue weighted by molar-refractivity contribution is -0.135. The molecule has 1 saturated carbocycles. The Morgan fingerprint density at radius 3 is 2.46 bits per heavy atom. The number of carboxylic acid groups (broad SMARTS) is 1. The van der Waals surface area contributed by atoms with Crippen LogP contribution in [0, 0.1) is 0 Å². The lowest BCUT2D eigenvalue weighted by Crippen LogP contribution is -2.52. The zero-order chi connectivity index (χ0) is 27.8. The lowest BCUT2D eigenvalue weighted by atomic mass is 9.92. The van der Waals surface area contributed by atoms with E-state index in [0.29, 0.717) is 30.3 Å². The van der Waals surface area contributed by atoms with Crippen molar-refractivity contribution >= 4 is 35.4 Å². The molecule has 4 amide bonds. The smallest absolute Gasteiger partial charge is 0.404 e. The summed E-state index contributed by atoms with van der Waals surface area (Å²) in [7, 11) is 0. The molecule has 11 heteroatoms. The highest BCUT2D eigenvalue weighted by molar-refractivity contribution is 6.30. The van der Waals surface area contributed by atoms with Crippen LogP contribution in [-0.2, 0) is 16.0 Å². The number of carbonyl (C=O) groups excluding carboxylic acids is 3. The Kier molecular flexibility index (Phi) is 9.86. The number of hydrogen-bond acceptors (Lipinski definition) is 5. The fraction of sp³-hybridized carbons (Fsp3) is 0.500. The third kappa shape index (κ3) is 7.75. The number of likely N-dealkylation sites (tertiary alicyclic amines) is 1. The molecule has 2 fully saturated rings. The van der Waals surface area contributed by atoms with Crippen molar-refractivity contribution in [2.45, 2.75) is 69.5 Å². The minimum Gasteiger partial charge on any atom is -0.465 e. The molecule has 10 nitrogen and oxygen atoms in total. The van der Waals surface area contributed by atoms with Gasteiger partial charge >= 0.3 is 6.09 Å². The first-order chi connectivity index (χ1) is 18.8. The van der Waals surface area contributed by atoms with E-state index in [0.717, 1.165) is 37.7 Å². The highest BCUT2D eigenvalue weighted by Crippen LogP contribution is 2.29. The quantitative estimate of drug-likeness (QED) is 0.407. The van der Waals surface area contributed by atoms with Crippen molar-refractivity contribution in [3.05, 3.63) is 59.0 Å². The number of nitrogens with one attached hydrogen (secondary N) is 2. The van der Waals surface area contributed by atoms with E-state index < -0.39 is 18.0 Å². The molecule has 2 heterocycles. The second-order valence-electron chi connectivity index (χ2n) is 10.1. The first-order valence-electron chi connectivity index (χ1n) is 13.5. The van der Waals surface area contributed by atoms with Gasteiger partial charge in [-0.1, -0.05) is 43.0 Å². The van der Waals surface area contributed by atoms with Crippen LogP contribution in [0.15, 0.2) is 47.1 Å². The van der Waals surface area contributed by atoms with Crippen molar-refractivity contribution in [1.29, 1.82) is 0 Å². The van der Waals surface area contributed by atoms with Crippen molar-refractivity contribution in [1.82, 2.24) is 20.4 Å². The number of rotatable bonds is 10. The summed E-state index contributed by atoms with van der Waals surface area (Å²) in [5.74, 6) is -0.513. The summed E-state index contributed by atoms with van der Waals surface area (Å²) in [5, 5.41) is 14.3. The minimum atomic E-state index is -1.22. The minimum absolute atomic E-state index is 0.0555. The molecule has 0 spiro atoms. The molecule has 3 N–H and O–H groups in total. The Hall–Kier alpha value is -3.53. The third-order valence-electron chi connectivity index (χ3n) is 7.42. The van der Waals surface area contributed by atoms with Gasteiger partial charge in [0.25, 0.3) is 5.91 Å². The van der Waals surface area contributed by atoms with Gasteiger partial charge < -0.3 is 30.0 Å². The highest BCUT2D eigenvalue weighted by Gasteiger charge is 2.39. The molecular weight excluding hydrogens is 524 g/mol. The fourth-order valence-electron chi connectivity index (χ4n) is 5.51. The summed E-state index contributed by atoms with van der Waals surface area (Å²) in [6, 6.07) is 9.55. The number of halogens is 1. The number of nitrogens with zero attached hydrogens (tertiary/aromatic N) is 2. The molecule has 2 atom stereocenters. The van der Waals surface area contributed by atoms with Crippen molar-refractivity contribution in [3.8, 4) is 0 Å². The van der Waals surface area contributed by atoms with Crippen LogP contribution in [0.1, 0.15) is 61.1 Å². The summed E-state index contributed by atoms with van der Waals surface area (Å²) in [6.07, 6.45) is 6.22. The van der Waals surface area contributed by atoms with Gasteiger partial charge in [-0.2, -0.15) is 0 Å². The predicted molar refractivity (Wildman–Crippen MR) is 144 cm³/mol. The van der Waals surface area contributed by atoms with Gasteiger partial charge in [-0.05, 0) is 49.1 Å². The summed E-state index contributed by atoms with van der Waals surface area (Å²) < 4.78 is 5.43. The average molecular weight is 559 g/mol. The van der Waals surface area contributed by atoms with E-state index in [2.05, 4.69) is 10.6 Å². The van der Waals surface area contributed by atoms with Gasteiger partial charge in [-0.25, -0.2) is 4.79 Å². The normalized spacial score (nSPS) is 18.4. The van der Waals surface area contributed by atoms with E-state index in [1.165, 1.54) is 6.26 Å². The zero-order valence-electron chi connectivity index (χ0n) is 21.8. The Bertz CT molecular complexity index is 1130. The van der Waals surface area contributed by atoms with Crippen LogP contribution in [0.25, 0.3) is 0 Å². The standard InChI is InChI=1S/C28H35ClN4O6/c29-20-10-8-19(9-11-20)17-23(31-25(34)12-14-30-28(37)38)26(35)32-15-13-22(18-32)33(21-5-2-1-3-6-21)27(36)24-7-4-16-39-24/h4,7-11,16,21-23,30H,1-3,5-6,12-15,17-18H2,(H,31,34)(H,37,38)/t22-,23?/m0/s1. The van der Waals surface area contributed by atoms with Crippen molar-refractivity contribution < 1.29 is 28.7 Å². The molecule has 2 aliphatic rings.